The predicted molar refractivity (Wildman–Crippen MR) is 50.2 cm³/mol. The molecule has 0 aromatic carbocycles. The average molecular weight is 207 g/mol. The van der Waals surface area contributed by atoms with Crippen molar-refractivity contribution in [1.82, 2.24) is 4.98 Å². The van der Waals surface area contributed by atoms with E-state index in [0.29, 0.717) is 0 Å². The third kappa shape index (κ3) is 6.88. The minimum absolute atomic E-state index is 0. The summed E-state index contributed by atoms with van der Waals surface area (Å²) in [6.45, 7) is 6.23. The molecule has 1 aromatic rings. The minimum Gasteiger partial charge on any atom is -1.00 e. The fourth-order valence-corrected chi connectivity index (χ4v) is 0.768. The van der Waals surface area contributed by atoms with Crippen molar-refractivity contribution in [3.63, 3.8) is 0 Å². The standard InChI is InChI=1S/C8H11N.CH2O3.Na.H/c1-6-4-5-9-8(3)7(6)2;2-1(3)4;;/h4-5H,1-3H3;(H2,2,3,4);;/q;;+1;-1. The van der Waals surface area contributed by atoms with E-state index >= 15 is 0 Å². The number of pyridine rings is 1. The molecule has 0 fully saturated rings. The van der Waals surface area contributed by atoms with Crippen molar-refractivity contribution in [3.8, 4) is 0 Å². The Labute approximate surface area is 107 Å². The normalized spacial score (nSPS) is 7.93. The summed E-state index contributed by atoms with van der Waals surface area (Å²) >= 11 is 0. The van der Waals surface area contributed by atoms with Crippen molar-refractivity contribution in [2.45, 2.75) is 20.8 Å². The van der Waals surface area contributed by atoms with E-state index in [4.69, 9.17) is 15.0 Å². The molecule has 0 saturated heterocycles. The Hall–Kier alpha value is -0.580. The van der Waals surface area contributed by atoms with Crippen LogP contribution >= 0.6 is 0 Å². The van der Waals surface area contributed by atoms with Crippen molar-refractivity contribution in [2.75, 3.05) is 0 Å². The second-order valence-corrected chi connectivity index (χ2v) is 2.62. The Balaban J connectivity index is -0.000000213. The second kappa shape index (κ2) is 7.79. The Bertz CT molecular complexity index is 283. The largest absolute Gasteiger partial charge is 1.00 e. The fourth-order valence-electron chi connectivity index (χ4n) is 0.768. The van der Waals surface area contributed by atoms with Crippen LogP contribution in [0.3, 0.4) is 0 Å². The van der Waals surface area contributed by atoms with Crippen LogP contribution < -0.4 is 29.6 Å². The zero-order valence-corrected chi connectivity index (χ0v) is 10.9. The summed E-state index contributed by atoms with van der Waals surface area (Å²) in [5.41, 5.74) is 3.76. The summed E-state index contributed by atoms with van der Waals surface area (Å²) in [6, 6.07) is 2.03. The molecule has 5 heteroatoms. The van der Waals surface area contributed by atoms with E-state index in [1.807, 2.05) is 19.2 Å². The molecule has 0 aliphatic rings. The van der Waals surface area contributed by atoms with Gasteiger partial charge in [-0.2, -0.15) is 0 Å². The maximum Gasteiger partial charge on any atom is 1.00 e. The summed E-state index contributed by atoms with van der Waals surface area (Å²) in [5, 5.41) is 13.9. The first-order chi connectivity index (χ1) is 5.95. The molecule has 2 N–H and O–H groups in total. The molecule has 0 aliphatic carbocycles. The molecule has 0 amide bonds. The summed E-state index contributed by atoms with van der Waals surface area (Å²) in [6.07, 6.45) is 0.0116. The smallest absolute Gasteiger partial charge is 1.00 e. The van der Waals surface area contributed by atoms with E-state index in [9.17, 15) is 0 Å². The van der Waals surface area contributed by atoms with Crippen molar-refractivity contribution < 1.29 is 46.0 Å². The van der Waals surface area contributed by atoms with Crippen LogP contribution in [0.2, 0.25) is 0 Å². The first-order valence-corrected chi connectivity index (χ1v) is 3.76. The van der Waals surface area contributed by atoms with Crippen LogP contribution in [0, 0.1) is 20.8 Å². The van der Waals surface area contributed by atoms with E-state index < -0.39 is 6.16 Å². The third-order valence-corrected chi connectivity index (χ3v) is 1.73. The average Bonchev–Trinajstić information content (AvgIpc) is 1.99. The maximum atomic E-state index is 8.56. The molecule has 0 radical (unpaired) electrons. The second-order valence-electron chi connectivity index (χ2n) is 2.62. The fraction of sp³-hybridized carbons (Fsp3) is 0.333. The zero-order valence-electron chi connectivity index (χ0n) is 9.90. The molecule has 0 unspecified atom stereocenters. The Morgan fingerprint density at radius 3 is 2.07 bits per heavy atom. The van der Waals surface area contributed by atoms with Crippen molar-refractivity contribution >= 4 is 6.16 Å². The van der Waals surface area contributed by atoms with Crippen LogP contribution in [0.1, 0.15) is 18.2 Å². The number of aromatic nitrogens is 1. The Morgan fingerprint density at radius 1 is 1.36 bits per heavy atom. The first kappa shape index (κ1) is 15.9. The summed E-state index contributed by atoms with van der Waals surface area (Å²) in [4.78, 5) is 12.7. The van der Waals surface area contributed by atoms with Gasteiger partial charge in [-0.05, 0) is 38.0 Å². The maximum absolute atomic E-state index is 8.56. The van der Waals surface area contributed by atoms with Gasteiger partial charge < -0.3 is 11.6 Å². The van der Waals surface area contributed by atoms with Gasteiger partial charge in [0.2, 0.25) is 0 Å². The van der Waals surface area contributed by atoms with Crippen LogP contribution in [-0.4, -0.2) is 21.4 Å². The van der Waals surface area contributed by atoms with Gasteiger partial charge in [0.25, 0.3) is 0 Å². The predicted octanol–water partition coefficient (Wildman–Crippen LogP) is -0.654. The van der Waals surface area contributed by atoms with E-state index in [1.165, 1.54) is 11.1 Å². The van der Waals surface area contributed by atoms with Crippen LogP contribution in [0.25, 0.3) is 0 Å². The molecule has 0 spiro atoms. The minimum atomic E-state index is -1.83. The third-order valence-electron chi connectivity index (χ3n) is 1.73. The summed E-state index contributed by atoms with van der Waals surface area (Å²) in [7, 11) is 0. The van der Waals surface area contributed by atoms with Gasteiger partial charge in [0.05, 0.1) is 0 Å². The van der Waals surface area contributed by atoms with Gasteiger partial charge in [0, 0.05) is 11.9 Å². The molecule has 14 heavy (non-hydrogen) atoms. The van der Waals surface area contributed by atoms with Gasteiger partial charge in [0.1, 0.15) is 0 Å². The van der Waals surface area contributed by atoms with Gasteiger partial charge in [-0.1, -0.05) is 0 Å². The van der Waals surface area contributed by atoms with Crippen molar-refractivity contribution in [2.24, 2.45) is 0 Å². The molecule has 0 aliphatic heterocycles. The SMILES string of the molecule is Cc1ccnc(C)c1C.O=C(O)O.[H-].[Na+]. The number of hydrogen-bond acceptors (Lipinski definition) is 2. The zero-order chi connectivity index (χ0) is 10.4. The molecule has 1 heterocycles. The van der Waals surface area contributed by atoms with Crippen molar-refractivity contribution in [1.29, 1.82) is 0 Å². The van der Waals surface area contributed by atoms with Gasteiger partial charge in [-0.3, -0.25) is 4.98 Å². The molecule has 4 nitrogen and oxygen atoms in total. The topological polar surface area (TPSA) is 70.4 Å². The molecular formula is C9H14NNaO3. The number of rotatable bonds is 0. The Kier molecular flexibility index (Phi) is 8.83. The van der Waals surface area contributed by atoms with Gasteiger partial charge in [0.15, 0.2) is 0 Å². The van der Waals surface area contributed by atoms with E-state index in [1.54, 1.807) is 0 Å². The van der Waals surface area contributed by atoms with Crippen LogP contribution in [-0.2, 0) is 0 Å². The Morgan fingerprint density at radius 2 is 1.79 bits per heavy atom. The quantitative estimate of drug-likeness (QED) is 0.554. The first-order valence-electron chi connectivity index (χ1n) is 3.76. The van der Waals surface area contributed by atoms with Gasteiger partial charge in [-0.15, -0.1) is 0 Å². The molecule has 1 rings (SSSR count). The number of carbonyl (C=O) groups is 1. The van der Waals surface area contributed by atoms with E-state index in [-0.39, 0.29) is 31.0 Å². The number of aryl methyl sites for hydroxylation is 2. The number of hydrogen-bond donors (Lipinski definition) is 2. The van der Waals surface area contributed by atoms with E-state index in [2.05, 4.69) is 18.8 Å². The summed E-state index contributed by atoms with van der Waals surface area (Å²) in [5.74, 6) is 0. The molecule has 0 atom stereocenters. The van der Waals surface area contributed by atoms with Crippen molar-refractivity contribution in [3.05, 3.63) is 29.1 Å². The monoisotopic (exact) mass is 207 g/mol. The molecule has 0 saturated carbocycles. The molecule has 1 aromatic heterocycles. The van der Waals surface area contributed by atoms with Crippen LogP contribution in [0.4, 0.5) is 4.79 Å². The van der Waals surface area contributed by atoms with Gasteiger partial charge >= 0.3 is 35.7 Å². The van der Waals surface area contributed by atoms with Crippen LogP contribution in [0.15, 0.2) is 12.3 Å². The molecular weight excluding hydrogens is 193 g/mol. The molecule has 0 bridgehead atoms. The van der Waals surface area contributed by atoms with Crippen LogP contribution in [0.5, 0.6) is 0 Å². The number of carboxylic acid groups (broad SMARTS) is 2. The van der Waals surface area contributed by atoms with E-state index in [0.717, 1.165) is 5.69 Å². The number of nitrogens with zero attached hydrogens (tertiary/aromatic N) is 1. The molecule has 74 valence electrons. The summed E-state index contributed by atoms with van der Waals surface area (Å²) < 4.78 is 0. The van der Waals surface area contributed by atoms with Gasteiger partial charge in [-0.25, -0.2) is 4.79 Å².